The van der Waals surface area contributed by atoms with E-state index < -0.39 is 6.10 Å². The van der Waals surface area contributed by atoms with Gasteiger partial charge in [-0.3, -0.25) is 0 Å². The van der Waals surface area contributed by atoms with Crippen molar-refractivity contribution in [3.05, 3.63) is 29.3 Å². The molecule has 0 aliphatic carbocycles. The molecule has 0 fully saturated rings. The van der Waals surface area contributed by atoms with Gasteiger partial charge in [0.25, 0.3) is 0 Å². The normalized spacial score (nSPS) is 12.5. The van der Waals surface area contributed by atoms with Crippen LogP contribution in [0.4, 0.5) is 0 Å². The first-order valence-corrected chi connectivity index (χ1v) is 5.92. The number of benzene rings is 1. The topological polar surface area (TPSA) is 61.7 Å². The van der Waals surface area contributed by atoms with E-state index in [2.05, 4.69) is 5.32 Å². The van der Waals surface area contributed by atoms with E-state index in [9.17, 15) is 5.11 Å². The first-order chi connectivity index (χ1) is 8.19. The number of nitrogens with one attached hydrogen (secondary N) is 1. The van der Waals surface area contributed by atoms with Crippen LogP contribution in [0.25, 0.3) is 0 Å². The van der Waals surface area contributed by atoms with E-state index in [1.807, 2.05) is 32.0 Å². The van der Waals surface area contributed by atoms with E-state index in [-0.39, 0.29) is 6.61 Å². The fourth-order valence-electron chi connectivity index (χ4n) is 1.64. The van der Waals surface area contributed by atoms with Gasteiger partial charge in [-0.25, -0.2) is 0 Å². The Balaban J connectivity index is 2.74. The van der Waals surface area contributed by atoms with Crippen molar-refractivity contribution in [2.45, 2.75) is 20.0 Å². The highest BCUT2D eigenvalue weighted by molar-refractivity contribution is 5.38. The van der Waals surface area contributed by atoms with Gasteiger partial charge < -0.3 is 20.3 Å². The second-order valence-corrected chi connectivity index (χ2v) is 3.92. The number of aryl methyl sites for hydroxylation is 1. The molecule has 0 aliphatic rings. The maximum absolute atomic E-state index is 10.1. The molecular weight excluding hydrogens is 218 g/mol. The Labute approximate surface area is 102 Å². The highest BCUT2D eigenvalue weighted by Gasteiger charge is 2.13. The smallest absolute Gasteiger partial charge is 0.125 e. The monoisotopic (exact) mass is 239 g/mol. The van der Waals surface area contributed by atoms with Gasteiger partial charge in [0.2, 0.25) is 0 Å². The zero-order valence-corrected chi connectivity index (χ0v) is 10.4. The lowest BCUT2D eigenvalue weighted by Gasteiger charge is -2.16. The lowest BCUT2D eigenvalue weighted by atomic mass is 10.1. The molecule has 1 unspecified atom stereocenters. The molecule has 1 aromatic carbocycles. The minimum Gasteiger partial charge on any atom is -0.493 e. The van der Waals surface area contributed by atoms with Gasteiger partial charge in [0.15, 0.2) is 0 Å². The average molecular weight is 239 g/mol. The number of hydrogen-bond donors (Lipinski definition) is 3. The van der Waals surface area contributed by atoms with Gasteiger partial charge in [0.1, 0.15) is 5.75 Å². The standard InChI is InChI=1S/C13H21NO3/c1-3-17-13-5-4-10(2)8-11(13)12(16)9-14-6-7-15/h4-5,8,12,14-16H,3,6-7,9H2,1-2H3. The first-order valence-electron chi connectivity index (χ1n) is 5.92. The van der Waals surface area contributed by atoms with Crippen LogP contribution in [0.3, 0.4) is 0 Å². The summed E-state index contributed by atoms with van der Waals surface area (Å²) >= 11 is 0. The molecule has 0 spiro atoms. The molecule has 17 heavy (non-hydrogen) atoms. The van der Waals surface area contributed by atoms with Crippen molar-refractivity contribution in [3.63, 3.8) is 0 Å². The van der Waals surface area contributed by atoms with E-state index in [0.717, 1.165) is 16.9 Å². The summed E-state index contributed by atoms with van der Waals surface area (Å²) in [6, 6.07) is 5.77. The number of aliphatic hydroxyl groups excluding tert-OH is 2. The van der Waals surface area contributed by atoms with Gasteiger partial charge in [-0.05, 0) is 26.0 Å². The van der Waals surface area contributed by atoms with Gasteiger partial charge in [-0.1, -0.05) is 11.6 Å². The van der Waals surface area contributed by atoms with Gasteiger partial charge >= 0.3 is 0 Å². The van der Waals surface area contributed by atoms with Crippen molar-refractivity contribution in [2.24, 2.45) is 0 Å². The van der Waals surface area contributed by atoms with E-state index in [4.69, 9.17) is 9.84 Å². The molecule has 0 radical (unpaired) electrons. The fraction of sp³-hybridized carbons (Fsp3) is 0.538. The average Bonchev–Trinajstić information content (AvgIpc) is 2.32. The molecular formula is C13H21NO3. The van der Waals surface area contributed by atoms with Crippen molar-refractivity contribution >= 4 is 0 Å². The number of aliphatic hydroxyl groups is 2. The number of hydrogen-bond acceptors (Lipinski definition) is 4. The predicted molar refractivity (Wildman–Crippen MR) is 67.3 cm³/mol. The summed E-state index contributed by atoms with van der Waals surface area (Å²) in [4.78, 5) is 0. The van der Waals surface area contributed by atoms with E-state index >= 15 is 0 Å². The molecule has 4 heteroatoms. The molecule has 0 amide bonds. The lowest BCUT2D eigenvalue weighted by Crippen LogP contribution is -2.24. The third kappa shape index (κ3) is 4.34. The Kier molecular flexibility index (Phi) is 5.97. The summed E-state index contributed by atoms with van der Waals surface area (Å²) in [5.41, 5.74) is 1.88. The minimum absolute atomic E-state index is 0.0683. The Morgan fingerprint density at radius 1 is 1.41 bits per heavy atom. The SMILES string of the molecule is CCOc1ccc(C)cc1C(O)CNCCO. The van der Waals surface area contributed by atoms with Crippen LogP contribution in [0, 0.1) is 6.92 Å². The summed E-state index contributed by atoms with van der Waals surface area (Å²) in [6.45, 7) is 5.43. The largest absolute Gasteiger partial charge is 0.493 e. The molecule has 3 N–H and O–H groups in total. The van der Waals surface area contributed by atoms with Crippen LogP contribution < -0.4 is 10.1 Å². The second-order valence-electron chi connectivity index (χ2n) is 3.92. The fourth-order valence-corrected chi connectivity index (χ4v) is 1.64. The molecule has 0 heterocycles. The van der Waals surface area contributed by atoms with Crippen molar-refractivity contribution in [3.8, 4) is 5.75 Å². The highest BCUT2D eigenvalue weighted by Crippen LogP contribution is 2.26. The van der Waals surface area contributed by atoms with Crippen LogP contribution in [0.2, 0.25) is 0 Å². The van der Waals surface area contributed by atoms with Crippen LogP contribution in [0.15, 0.2) is 18.2 Å². The molecule has 0 bridgehead atoms. The highest BCUT2D eigenvalue weighted by atomic mass is 16.5. The summed E-state index contributed by atoms with van der Waals surface area (Å²) in [6.07, 6.45) is -0.622. The Bertz CT molecular complexity index is 341. The molecule has 4 nitrogen and oxygen atoms in total. The molecule has 1 rings (SSSR count). The van der Waals surface area contributed by atoms with E-state index in [1.165, 1.54) is 0 Å². The summed E-state index contributed by atoms with van der Waals surface area (Å²) < 4.78 is 5.48. The van der Waals surface area contributed by atoms with E-state index in [0.29, 0.717) is 19.7 Å². The molecule has 0 saturated heterocycles. The summed E-state index contributed by atoms with van der Waals surface area (Å²) in [5.74, 6) is 0.719. The maximum Gasteiger partial charge on any atom is 0.125 e. The Morgan fingerprint density at radius 2 is 2.18 bits per heavy atom. The van der Waals surface area contributed by atoms with Crippen LogP contribution >= 0.6 is 0 Å². The molecule has 0 saturated carbocycles. The number of ether oxygens (including phenoxy) is 1. The van der Waals surface area contributed by atoms with Crippen molar-refractivity contribution in [2.75, 3.05) is 26.3 Å². The van der Waals surface area contributed by atoms with Gasteiger partial charge in [0.05, 0.1) is 19.3 Å². The quantitative estimate of drug-likeness (QED) is 0.621. The van der Waals surface area contributed by atoms with Gasteiger partial charge in [-0.2, -0.15) is 0 Å². The maximum atomic E-state index is 10.1. The zero-order chi connectivity index (χ0) is 12.7. The molecule has 1 atom stereocenters. The van der Waals surface area contributed by atoms with Crippen LogP contribution in [-0.2, 0) is 0 Å². The third-order valence-corrected chi connectivity index (χ3v) is 2.45. The van der Waals surface area contributed by atoms with E-state index in [1.54, 1.807) is 0 Å². The number of rotatable bonds is 7. The summed E-state index contributed by atoms with van der Waals surface area (Å²) in [7, 11) is 0. The lowest BCUT2D eigenvalue weighted by molar-refractivity contribution is 0.165. The van der Waals surface area contributed by atoms with Crippen molar-refractivity contribution in [1.29, 1.82) is 0 Å². The summed E-state index contributed by atoms with van der Waals surface area (Å²) in [5, 5.41) is 21.7. The van der Waals surface area contributed by atoms with Crippen LogP contribution in [0.5, 0.6) is 5.75 Å². The first kappa shape index (κ1) is 14.0. The molecule has 0 aliphatic heterocycles. The Morgan fingerprint density at radius 3 is 2.82 bits per heavy atom. The molecule has 1 aromatic rings. The van der Waals surface area contributed by atoms with Crippen LogP contribution in [0.1, 0.15) is 24.2 Å². The van der Waals surface area contributed by atoms with Crippen molar-refractivity contribution < 1.29 is 14.9 Å². The Hall–Kier alpha value is -1.10. The minimum atomic E-state index is -0.622. The molecule has 0 aromatic heterocycles. The van der Waals surface area contributed by atoms with Gasteiger partial charge in [0, 0.05) is 18.7 Å². The third-order valence-electron chi connectivity index (χ3n) is 2.45. The second kappa shape index (κ2) is 7.27. The molecule has 96 valence electrons. The zero-order valence-electron chi connectivity index (χ0n) is 10.4. The van der Waals surface area contributed by atoms with Crippen molar-refractivity contribution in [1.82, 2.24) is 5.32 Å². The van der Waals surface area contributed by atoms with Gasteiger partial charge in [-0.15, -0.1) is 0 Å². The predicted octanol–water partition coefficient (Wildman–Crippen LogP) is 1.01. The van der Waals surface area contributed by atoms with Crippen LogP contribution in [-0.4, -0.2) is 36.5 Å².